The zero-order valence-electron chi connectivity index (χ0n) is 15.7. The van der Waals surface area contributed by atoms with Crippen LogP contribution in [0.25, 0.3) is 0 Å². The summed E-state index contributed by atoms with van der Waals surface area (Å²) in [7, 11) is 0. The van der Waals surface area contributed by atoms with Crippen molar-refractivity contribution < 1.29 is 19.4 Å². The zero-order chi connectivity index (χ0) is 19.6. The molecule has 2 aromatic rings. The second-order valence-corrected chi connectivity index (χ2v) is 6.10. The summed E-state index contributed by atoms with van der Waals surface area (Å²) < 4.78 is 5.57. The Morgan fingerprint density at radius 1 is 1.07 bits per heavy atom. The number of carboxylic acid groups (broad SMARTS) is 1. The largest absolute Gasteiger partial charge is 0.492 e. The molecule has 0 spiro atoms. The average Bonchev–Trinajstić information content (AvgIpc) is 2.64. The van der Waals surface area contributed by atoms with Crippen molar-refractivity contribution >= 4 is 17.6 Å². The Hall–Kier alpha value is -2.86. The van der Waals surface area contributed by atoms with E-state index in [-0.39, 0.29) is 12.5 Å². The highest BCUT2D eigenvalue weighted by molar-refractivity contribution is 5.97. The van der Waals surface area contributed by atoms with Crippen LogP contribution in [0.1, 0.15) is 31.9 Å². The van der Waals surface area contributed by atoms with Crippen LogP contribution in [0.15, 0.2) is 54.6 Å². The Morgan fingerprint density at radius 2 is 1.74 bits per heavy atom. The van der Waals surface area contributed by atoms with Crippen molar-refractivity contribution in [2.24, 2.45) is 0 Å². The van der Waals surface area contributed by atoms with E-state index in [1.807, 2.05) is 56.3 Å². The molecule has 2 rings (SSSR count). The number of carboxylic acids is 1. The molecular weight excluding hydrogens is 344 g/mol. The fourth-order valence-corrected chi connectivity index (χ4v) is 2.98. The number of hydrogen-bond donors (Lipinski definition) is 2. The highest BCUT2D eigenvalue weighted by Crippen LogP contribution is 2.27. The van der Waals surface area contributed by atoms with E-state index in [4.69, 9.17) is 4.74 Å². The van der Waals surface area contributed by atoms with Crippen molar-refractivity contribution in [2.45, 2.75) is 26.3 Å². The molecule has 1 atom stereocenters. The summed E-state index contributed by atoms with van der Waals surface area (Å²) in [5, 5.41) is 12.2. The predicted octanol–water partition coefficient (Wildman–Crippen LogP) is 3.56. The van der Waals surface area contributed by atoms with Gasteiger partial charge < -0.3 is 15.2 Å². The lowest BCUT2D eigenvalue weighted by Gasteiger charge is -2.29. The maximum absolute atomic E-state index is 13.2. The van der Waals surface area contributed by atoms with Gasteiger partial charge in [0, 0.05) is 0 Å². The SMILES string of the molecule is CCCN(CC(=O)O)C(C(=O)Nc1ccccc1OCC)c1ccccc1. The van der Waals surface area contributed by atoms with Crippen molar-refractivity contribution in [1.29, 1.82) is 0 Å². The van der Waals surface area contributed by atoms with E-state index in [0.29, 0.717) is 24.6 Å². The van der Waals surface area contributed by atoms with Gasteiger partial charge in [0.15, 0.2) is 0 Å². The molecule has 1 amide bonds. The summed E-state index contributed by atoms with van der Waals surface area (Å²) in [5.41, 5.74) is 1.32. The maximum Gasteiger partial charge on any atom is 0.317 e. The number of carbonyl (C=O) groups is 2. The minimum atomic E-state index is -0.966. The lowest BCUT2D eigenvalue weighted by molar-refractivity contribution is -0.139. The van der Waals surface area contributed by atoms with Crippen molar-refractivity contribution in [3.63, 3.8) is 0 Å². The molecule has 0 aliphatic rings. The molecule has 0 fully saturated rings. The topological polar surface area (TPSA) is 78.9 Å². The number of para-hydroxylation sites is 2. The molecule has 0 radical (unpaired) electrons. The Morgan fingerprint density at radius 3 is 2.37 bits per heavy atom. The van der Waals surface area contributed by atoms with Crippen LogP contribution >= 0.6 is 0 Å². The lowest BCUT2D eigenvalue weighted by Crippen LogP contribution is -2.40. The van der Waals surface area contributed by atoms with E-state index < -0.39 is 12.0 Å². The highest BCUT2D eigenvalue weighted by Gasteiger charge is 2.29. The molecule has 0 aliphatic heterocycles. The molecule has 0 heterocycles. The highest BCUT2D eigenvalue weighted by atomic mass is 16.5. The summed E-state index contributed by atoms with van der Waals surface area (Å²) in [6, 6.07) is 15.7. The molecule has 2 aromatic carbocycles. The number of hydrogen-bond acceptors (Lipinski definition) is 4. The lowest BCUT2D eigenvalue weighted by atomic mass is 10.0. The van der Waals surface area contributed by atoms with Gasteiger partial charge in [0.05, 0.1) is 18.8 Å². The molecule has 144 valence electrons. The third-order valence-corrected chi connectivity index (χ3v) is 4.02. The molecule has 0 saturated heterocycles. The Labute approximate surface area is 159 Å². The second-order valence-electron chi connectivity index (χ2n) is 6.10. The second kappa shape index (κ2) is 10.3. The summed E-state index contributed by atoms with van der Waals surface area (Å²) in [6.07, 6.45) is 0.736. The summed E-state index contributed by atoms with van der Waals surface area (Å²) in [6.45, 7) is 4.59. The van der Waals surface area contributed by atoms with E-state index in [9.17, 15) is 14.7 Å². The van der Waals surface area contributed by atoms with E-state index in [1.165, 1.54) is 0 Å². The number of ether oxygens (including phenoxy) is 1. The molecule has 1 unspecified atom stereocenters. The third kappa shape index (κ3) is 5.82. The van der Waals surface area contributed by atoms with Crippen molar-refractivity contribution in [3.05, 3.63) is 60.2 Å². The minimum Gasteiger partial charge on any atom is -0.492 e. The van der Waals surface area contributed by atoms with E-state index >= 15 is 0 Å². The van der Waals surface area contributed by atoms with Crippen molar-refractivity contribution in [1.82, 2.24) is 4.90 Å². The van der Waals surface area contributed by atoms with Gasteiger partial charge in [-0.05, 0) is 37.6 Å². The summed E-state index contributed by atoms with van der Waals surface area (Å²) in [4.78, 5) is 26.2. The van der Waals surface area contributed by atoms with Crippen molar-refractivity contribution in [2.75, 3.05) is 25.0 Å². The van der Waals surface area contributed by atoms with Gasteiger partial charge in [-0.25, -0.2) is 0 Å². The third-order valence-electron chi connectivity index (χ3n) is 4.02. The molecular formula is C21H26N2O4. The molecule has 0 saturated carbocycles. The summed E-state index contributed by atoms with van der Waals surface area (Å²) >= 11 is 0. The monoisotopic (exact) mass is 370 g/mol. The van der Waals surface area contributed by atoms with Gasteiger partial charge in [-0.1, -0.05) is 49.4 Å². The van der Waals surface area contributed by atoms with Crippen LogP contribution in [0.2, 0.25) is 0 Å². The fourth-order valence-electron chi connectivity index (χ4n) is 2.98. The van der Waals surface area contributed by atoms with Gasteiger partial charge in [-0.3, -0.25) is 14.5 Å². The Kier molecular flexibility index (Phi) is 7.82. The van der Waals surface area contributed by atoms with Crippen LogP contribution in [-0.4, -0.2) is 41.6 Å². The normalized spacial score (nSPS) is 11.8. The minimum absolute atomic E-state index is 0.214. The molecule has 0 aromatic heterocycles. The van der Waals surface area contributed by atoms with Crippen LogP contribution in [0.5, 0.6) is 5.75 Å². The van der Waals surface area contributed by atoms with Gasteiger partial charge >= 0.3 is 5.97 Å². The van der Waals surface area contributed by atoms with Crippen LogP contribution in [0.3, 0.4) is 0 Å². The van der Waals surface area contributed by atoms with Gasteiger partial charge in [0.25, 0.3) is 0 Å². The smallest absolute Gasteiger partial charge is 0.317 e. The van der Waals surface area contributed by atoms with Crippen LogP contribution in [0, 0.1) is 0 Å². The number of anilines is 1. The standard InChI is InChI=1S/C21H26N2O4/c1-3-14-23(15-19(24)25)20(16-10-6-5-7-11-16)21(26)22-17-12-8-9-13-18(17)27-4-2/h5-13,20H,3-4,14-15H2,1-2H3,(H,22,26)(H,24,25). The average molecular weight is 370 g/mol. The maximum atomic E-state index is 13.2. The quantitative estimate of drug-likeness (QED) is 0.668. The van der Waals surface area contributed by atoms with Crippen LogP contribution < -0.4 is 10.1 Å². The zero-order valence-corrected chi connectivity index (χ0v) is 15.7. The number of rotatable bonds is 10. The first kappa shape index (κ1) is 20.5. The molecule has 6 heteroatoms. The van der Waals surface area contributed by atoms with Crippen LogP contribution in [0.4, 0.5) is 5.69 Å². The number of nitrogens with zero attached hydrogens (tertiary/aromatic N) is 1. The number of carbonyl (C=O) groups excluding carboxylic acids is 1. The van der Waals surface area contributed by atoms with Gasteiger partial charge in [0.2, 0.25) is 5.91 Å². The molecule has 27 heavy (non-hydrogen) atoms. The Bertz CT molecular complexity index is 749. The van der Waals surface area contributed by atoms with Crippen LogP contribution in [-0.2, 0) is 9.59 Å². The van der Waals surface area contributed by atoms with E-state index in [1.54, 1.807) is 17.0 Å². The van der Waals surface area contributed by atoms with E-state index in [2.05, 4.69) is 5.32 Å². The fraction of sp³-hybridized carbons (Fsp3) is 0.333. The number of amides is 1. The van der Waals surface area contributed by atoms with Gasteiger partial charge in [-0.2, -0.15) is 0 Å². The molecule has 2 N–H and O–H groups in total. The summed E-state index contributed by atoms with van der Waals surface area (Å²) in [5.74, 6) is -0.671. The molecule has 0 aliphatic carbocycles. The Balaban J connectivity index is 2.35. The first-order chi connectivity index (χ1) is 13.1. The number of benzene rings is 2. The molecule has 6 nitrogen and oxygen atoms in total. The van der Waals surface area contributed by atoms with E-state index in [0.717, 1.165) is 12.0 Å². The first-order valence-corrected chi connectivity index (χ1v) is 9.10. The van der Waals surface area contributed by atoms with Gasteiger partial charge in [0.1, 0.15) is 11.8 Å². The first-order valence-electron chi connectivity index (χ1n) is 9.10. The number of aliphatic carboxylic acids is 1. The molecule has 0 bridgehead atoms. The number of nitrogens with one attached hydrogen (secondary N) is 1. The van der Waals surface area contributed by atoms with Crippen molar-refractivity contribution in [3.8, 4) is 5.75 Å². The predicted molar refractivity (Wildman–Crippen MR) is 105 cm³/mol. The van der Waals surface area contributed by atoms with Gasteiger partial charge in [-0.15, -0.1) is 0 Å².